The second-order valence-corrected chi connectivity index (χ2v) is 3.90. The van der Waals surface area contributed by atoms with Crippen LogP contribution in [0.3, 0.4) is 0 Å². The van der Waals surface area contributed by atoms with Crippen molar-refractivity contribution in [2.45, 2.75) is 6.54 Å². The standard InChI is InChI=1S/C12H12N4O2/c1-17-9-2-3-11-10(6-9)14-12(13)16(11)7-8-4-5-18-15-8/h2-6H,7H2,1H3,(H2,13,14). The Morgan fingerprint density at radius 3 is 3.00 bits per heavy atom. The van der Waals surface area contributed by atoms with Crippen LogP contribution in [0.15, 0.2) is 35.1 Å². The molecule has 1 aromatic carbocycles. The number of anilines is 1. The van der Waals surface area contributed by atoms with Crippen LogP contribution < -0.4 is 10.5 Å². The zero-order chi connectivity index (χ0) is 12.5. The van der Waals surface area contributed by atoms with E-state index in [0.717, 1.165) is 22.5 Å². The van der Waals surface area contributed by atoms with E-state index >= 15 is 0 Å². The molecule has 0 aliphatic rings. The van der Waals surface area contributed by atoms with Gasteiger partial charge in [-0.2, -0.15) is 0 Å². The average molecular weight is 244 g/mol. The number of nitrogens with zero attached hydrogens (tertiary/aromatic N) is 3. The fraction of sp³-hybridized carbons (Fsp3) is 0.167. The van der Waals surface area contributed by atoms with Gasteiger partial charge in [0.05, 0.1) is 24.7 Å². The Balaban J connectivity index is 2.08. The van der Waals surface area contributed by atoms with Crippen molar-refractivity contribution in [1.29, 1.82) is 0 Å². The molecular weight excluding hydrogens is 232 g/mol. The van der Waals surface area contributed by atoms with Crippen molar-refractivity contribution in [2.24, 2.45) is 0 Å². The molecule has 0 unspecified atom stereocenters. The maximum atomic E-state index is 5.91. The Bertz CT molecular complexity index is 673. The summed E-state index contributed by atoms with van der Waals surface area (Å²) in [5.41, 5.74) is 8.46. The van der Waals surface area contributed by atoms with Gasteiger partial charge in [-0.25, -0.2) is 4.98 Å². The van der Waals surface area contributed by atoms with Crippen molar-refractivity contribution in [3.8, 4) is 5.75 Å². The lowest BCUT2D eigenvalue weighted by atomic mass is 10.3. The fourth-order valence-corrected chi connectivity index (χ4v) is 1.90. The molecule has 92 valence electrons. The first-order valence-electron chi connectivity index (χ1n) is 5.47. The van der Waals surface area contributed by atoms with E-state index in [-0.39, 0.29) is 0 Å². The first-order chi connectivity index (χ1) is 8.78. The van der Waals surface area contributed by atoms with Gasteiger partial charge in [0, 0.05) is 12.1 Å². The van der Waals surface area contributed by atoms with Crippen LogP contribution >= 0.6 is 0 Å². The molecule has 2 heterocycles. The minimum Gasteiger partial charge on any atom is -0.497 e. The van der Waals surface area contributed by atoms with Crippen molar-refractivity contribution in [2.75, 3.05) is 12.8 Å². The Morgan fingerprint density at radius 2 is 2.28 bits per heavy atom. The van der Waals surface area contributed by atoms with E-state index in [0.29, 0.717) is 12.5 Å². The third-order valence-electron chi connectivity index (χ3n) is 2.80. The summed E-state index contributed by atoms with van der Waals surface area (Å²) >= 11 is 0. The molecule has 0 spiro atoms. The number of fused-ring (bicyclic) bond motifs is 1. The molecule has 3 aromatic rings. The largest absolute Gasteiger partial charge is 0.497 e. The van der Waals surface area contributed by atoms with Gasteiger partial charge >= 0.3 is 0 Å². The summed E-state index contributed by atoms with van der Waals surface area (Å²) in [4.78, 5) is 4.30. The molecule has 0 amide bonds. The summed E-state index contributed by atoms with van der Waals surface area (Å²) in [6.07, 6.45) is 1.54. The topological polar surface area (TPSA) is 79.1 Å². The highest BCUT2D eigenvalue weighted by Crippen LogP contribution is 2.23. The Labute approximate surface area is 103 Å². The lowest BCUT2D eigenvalue weighted by Crippen LogP contribution is -2.04. The number of hydrogen-bond acceptors (Lipinski definition) is 5. The summed E-state index contributed by atoms with van der Waals surface area (Å²) in [5, 5.41) is 3.87. The maximum Gasteiger partial charge on any atom is 0.201 e. The van der Waals surface area contributed by atoms with Crippen LogP contribution in [0.1, 0.15) is 5.69 Å². The number of nitrogen functional groups attached to an aromatic ring is 1. The van der Waals surface area contributed by atoms with Crippen LogP contribution in [-0.2, 0) is 6.54 Å². The lowest BCUT2D eigenvalue weighted by molar-refractivity contribution is 0.410. The second kappa shape index (κ2) is 4.06. The molecule has 0 atom stereocenters. The summed E-state index contributed by atoms with van der Waals surface area (Å²) < 4.78 is 11.8. The normalized spacial score (nSPS) is 10.9. The zero-order valence-corrected chi connectivity index (χ0v) is 9.83. The van der Waals surface area contributed by atoms with Crippen LogP contribution in [0.2, 0.25) is 0 Å². The van der Waals surface area contributed by atoms with Crippen molar-refractivity contribution in [1.82, 2.24) is 14.7 Å². The third-order valence-corrected chi connectivity index (χ3v) is 2.80. The zero-order valence-electron chi connectivity index (χ0n) is 9.83. The van der Waals surface area contributed by atoms with Crippen LogP contribution in [0, 0.1) is 0 Å². The molecule has 18 heavy (non-hydrogen) atoms. The van der Waals surface area contributed by atoms with E-state index in [4.69, 9.17) is 15.0 Å². The summed E-state index contributed by atoms with van der Waals surface area (Å²) in [6.45, 7) is 0.533. The molecule has 0 saturated heterocycles. The van der Waals surface area contributed by atoms with E-state index in [1.165, 1.54) is 6.26 Å². The van der Waals surface area contributed by atoms with Crippen molar-refractivity contribution in [3.63, 3.8) is 0 Å². The molecule has 0 saturated carbocycles. The quantitative estimate of drug-likeness (QED) is 0.758. The summed E-state index contributed by atoms with van der Waals surface area (Å²) in [7, 11) is 1.62. The predicted molar refractivity (Wildman–Crippen MR) is 66.3 cm³/mol. The van der Waals surface area contributed by atoms with Gasteiger partial charge in [-0.05, 0) is 12.1 Å². The van der Waals surface area contributed by atoms with Crippen molar-refractivity contribution in [3.05, 3.63) is 36.2 Å². The molecule has 6 heteroatoms. The van der Waals surface area contributed by atoms with E-state index in [1.54, 1.807) is 13.2 Å². The molecule has 0 aliphatic carbocycles. The molecule has 0 radical (unpaired) electrons. The van der Waals surface area contributed by atoms with Gasteiger partial charge in [-0.1, -0.05) is 5.16 Å². The molecular formula is C12H12N4O2. The highest BCUT2D eigenvalue weighted by Gasteiger charge is 2.10. The SMILES string of the molecule is COc1ccc2c(c1)nc(N)n2Cc1ccon1. The molecule has 0 fully saturated rings. The van der Waals surface area contributed by atoms with E-state index < -0.39 is 0 Å². The van der Waals surface area contributed by atoms with Crippen LogP contribution in [0.4, 0.5) is 5.95 Å². The number of hydrogen-bond donors (Lipinski definition) is 1. The van der Waals surface area contributed by atoms with E-state index in [2.05, 4.69) is 10.1 Å². The van der Waals surface area contributed by atoms with Gasteiger partial charge in [0.1, 0.15) is 17.7 Å². The van der Waals surface area contributed by atoms with E-state index in [9.17, 15) is 0 Å². The van der Waals surface area contributed by atoms with Gasteiger partial charge < -0.3 is 19.6 Å². The van der Waals surface area contributed by atoms with Crippen molar-refractivity contribution >= 4 is 17.0 Å². The number of rotatable bonds is 3. The average Bonchev–Trinajstić information content (AvgIpc) is 2.98. The lowest BCUT2D eigenvalue weighted by Gasteiger charge is -2.03. The maximum absolute atomic E-state index is 5.91. The van der Waals surface area contributed by atoms with Gasteiger partial charge in [0.2, 0.25) is 5.95 Å². The number of benzene rings is 1. The molecule has 2 N–H and O–H groups in total. The van der Waals surface area contributed by atoms with Crippen molar-refractivity contribution < 1.29 is 9.26 Å². The van der Waals surface area contributed by atoms with Gasteiger partial charge in [0.25, 0.3) is 0 Å². The minimum atomic E-state index is 0.446. The number of nitrogens with two attached hydrogens (primary N) is 1. The summed E-state index contributed by atoms with van der Waals surface area (Å²) in [5.74, 6) is 1.20. The molecule has 2 aromatic heterocycles. The van der Waals surface area contributed by atoms with Crippen LogP contribution in [-0.4, -0.2) is 21.8 Å². The first kappa shape index (κ1) is 10.6. The van der Waals surface area contributed by atoms with E-state index in [1.807, 2.05) is 22.8 Å². The molecule has 0 aliphatic heterocycles. The second-order valence-electron chi connectivity index (χ2n) is 3.90. The van der Waals surface area contributed by atoms with Crippen LogP contribution in [0.5, 0.6) is 5.75 Å². The van der Waals surface area contributed by atoms with Crippen LogP contribution in [0.25, 0.3) is 11.0 Å². The molecule has 6 nitrogen and oxygen atoms in total. The minimum absolute atomic E-state index is 0.446. The summed E-state index contributed by atoms with van der Waals surface area (Å²) in [6, 6.07) is 7.46. The third kappa shape index (κ3) is 1.67. The number of ether oxygens (including phenoxy) is 1. The molecule has 3 rings (SSSR count). The highest BCUT2D eigenvalue weighted by molar-refractivity contribution is 5.80. The van der Waals surface area contributed by atoms with Gasteiger partial charge in [0.15, 0.2) is 0 Å². The smallest absolute Gasteiger partial charge is 0.201 e. The number of aromatic nitrogens is 3. The Hall–Kier alpha value is -2.50. The number of methoxy groups -OCH3 is 1. The monoisotopic (exact) mass is 244 g/mol. The predicted octanol–water partition coefficient (Wildman–Crippen LogP) is 1.66. The Morgan fingerprint density at radius 1 is 1.39 bits per heavy atom. The Kier molecular flexibility index (Phi) is 2.40. The number of imidazole rings is 1. The highest BCUT2D eigenvalue weighted by atomic mass is 16.5. The molecule has 0 bridgehead atoms. The first-order valence-corrected chi connectivity index (χ1v) is 5.47. The van der Waals surface area contributed by atoms with Gasteiger partial charge in [-0.15, -0.1) is 0 Å². The van der Waals surface area contributed by atoms with Gasteiger partial charge in [-0.3, -0.25) is 0 Å². The fourth-order valence-electron chi connectivity index (χ4n) is 1.90.